The van der Waals surface area contributed by atoms with Crippen molar-refractivity contribution in [2.75, 3.05) is 17.2 Å². The minimum Gasteiger partial charge on any atom is -0.380 e. The molecule has 0 aliphatic heterocycles. The second kappa shape index (κ2) is 7.88. The highest BCUT2D eigenvalue weighted by molar-refractivity contribution is 5.78. The van der Waals surface area contributed by atoms with Gasteiger partial charge in [0, 0.05) is 24.6 Å². The molecule has 1 heterocycles. The van der Waals surface area contributed by atoms with Crippen molar-refractivity contribution in [2.45, 2.75) is 6.42 Å². The van der Waals surface area contributed by atoms with Crippen LogP contribution in [0, 0.1) is 0 Å². The first-order valence-corrected chi connectivity index (χ1v) is 9.11. The summed E-state index contributed by atoms with van der Waals surface area (Å²) in [4.78, 5) is 27.7. The lowest BCUT2D eigenvalue weighted by atomic mass is 10.0. The fraction of sp³-hybridized carbons (Fsp3) is 0.0870. The topological polar surface area (TPSA) is 71.1 Å². The molecule has 4 aromatic rings. The molecule has 5 heteroatoms. The molecule has 3 aromatic carbocycles. The minimum atomic E-state index is -0.495. The quantitative estimate of drug-likeness (QED) is 0.486. The van der Waals surface area contributed by atoms with Gasteiger partial charge in [-0.3, -0.25) is 14.6 Å². The van der Waals surface area contributed by atoms with Gasteiger partial charge < -0.3 is 10.6 Å². The van der Waals surface area contributed by atoms with Crippen molar-refractivity contribution in [3.8, 4) is 11.1 Å². The van der Waals surface area contributed by atoms with Gasteiger partial charge in [0.1, 0.15) is 11.4 Å². The van der Waals surface area contributed by atoms with E-state index in [-0.39, 0.29) is 0 Å². The molecule has 0 atom stereocenters. The molecule has 0 aliphatic rings. The summed E-state index contributed by atoms with van der Waals surface area (Å²) in [6, 6.07) is 22.0. The first-order chi connectivity index (χ1) is 13.7. The van der Waals surface area contributed by atoms with Crippen LogP contribution in [0.5, 0.6) is 0 Å². The van der Waals surface area contributed by atoms with Crippen molar-refractivity contribution < 1.29 is 0 Å². The molecule has 138 valence electrons. The standard InChI is InChI=1S/C23H19N3O2/c27-22-20(21(23(22)28)26-19-10-12-24-13-11-19)25-14-9-16-5-4-8-18(15-16)17-6-2-1-3-7-17/h1-8,10-13,15,25H,9,14H2,(H,24,26). The molecular formula is C23H19N3O2. The van der Waals surface area contributed by atoms with E-state index >= 15 is 0 Å². The zero-order valence-corrected chi connectivity index (χ0v) is 15.2. The molecule has 0 bridgehead atoms. The summed E-state index contributed by atoms with van der Waals surface area (Å²) in [7, 11) is 0. The molecule has 0 saturated heterocycles. The molecule has 0 unspecified atom stereocenters. The normalized spacial score (nSPS) is 10.7. The van der Waals surface area contributed by atoms with Crippen LogP contribution >= 0.6 is 0 Å². The second-order valence-corrected chi connectivity index (χ2v) is 6.51. The Labute approximate surface area is 162 Å². The summed E-state index contributed by atoms with van der Waals surface area (Å²) in [6.45, 7) is 0.564. The SMILES string of the molecule is O=c1c(NCCc2cccc(-c3ccccc3)c2)c(Nc2ccncc2)c1=O. The van der Waals surface area contributed by atoms with Crippen LogP contribution in [0.25, 0.3) is 11.1 Å². The summed E-state index contributed by atoms with van der Waals surface area (Å²) in [6.07, 6.45) is 4.00. The summed E-state index contributed by atoms with van der Waals surface area (Å²) in [5.41, 5.74) is 3.91. The Morgan fingerprint density at radius 2 is 1.46 bits per heavy atom. The highest BCUT2D eigenvalue weighted by atomic mass is 16.2. The molecule has 0 spiro atoms. The summed E-state index contributed by atoms with van der Waals surface area (Å²) in [5.74, 6) is 0. The van der Waals surface area contributed by atoms with Gasteiger partial charge in [0.15, 0.2) is 0 Å². The fourth-order valence-corrected chi connectivity index (χ4v) is 3.13. The van der Waals surface area contributed by atoms with Crippen LogP contribution in [-0.4, -0.2) is 11.5 Å². The van der Waals surface area contributed by atoms with Crippen LogP contribution in [0.15, 0.2) is 88.7 Å². The molecule has 0 aliphatic carbocycles. The second-order valence-electron chi connectivity index (χ2n) is 6.51. The fourth-order valence-electron chi connectivity index (χ4n) is 3.13. The number of hydrogen-bond donors (Lipinski definition) is 2. The summed E-state index contributed by atoms with van der Waals surface area (Å²) in [5, 5.41) is 6.10. The van der Waals surface area contributed by atoms with Crippen molar-refractivity contribution in [2.24, 2.45) is 0 Å². The van der Waals surface area contributed by atoms with Crippen molar-refractivity contribution in [1.82, 2.24) is 4.98 Å². The van der Waals surface area contributed by atoms with Gasteiger partial charge in [-0.25, -0.2) is 0 Å². The molecule has 0 fully saturated rings. The predicted molar refractivity (Wildman–Crippen MR) is 113 cm³/mol. The van der Waals surface area contributed by atoms with Crippen molar-refractivity contribution in [1.29, 1.82) is 0 Å². The minimum absolute atomic E-state index is 0.314. The predicted octanol–water partition coefficient (Wildman–Crippen LogP) is 3.74. The largest absolute Gasteiger partial charge is 0.380 e. The van der Waals surface area contributed by atoms with Crippen molar-refractivity contribution >= 4 is 17.1 Å². The number of nitrogens with zero attached hydrogens (tertiary/aromatic N) is 1. The van der Waals surface area contributed by atoms with Crippen molar-refractivity contribution in [3.63, 3.8) is 0 Å². The third kappa shape index (κ3) is 3.69. The smallest absolute Gasteiger partial charge is 0.253 e. The van der Waals surface area contributed by atoms with Gasteiger partial charge in [0.2, 0.25) is 0 Å². The maximum absolute atomic E-state index is 11.9. The van der Waals surface area contributed by atoms with Crippen LogP contribution in [0.4, 0.5) is 17.1 Å². The zero-order valence-electron chi connectivity index (χ0n) is 15.2. The molecule has 1 aromatic heterocycles. The van der Waals surface area contributed by atoms with Crippen LogP contribution in [0.1, 0.15) is 5.56 Å². The van der Waals surface area contributed by atoms with Gasteiger partial charge in [0.25, 0.3) is 10.9 Å². The zero-order chi connectivity index (χ0) is 19.3. The number of rotatable bonds is 7. The average molecular weight is 369 g/mol. The highest BCUT2D eigenvalue weighted by Gasteiger charge is 2.20. The number of hydrogen-bond acceptors (Lipinski definition) is 5. The van der Waals surface area contributed by atoms with Crippen LogP contribution in [0.3, 0.4) is 0 Å². The maximum atomic E-state index is 11.9. The van der Waals surface area contributed by atoms with Crippen LogP contribution in [0.2, 0.25) is 0 Å². The lowest BCUT2D eigenvalue weighted by molar-refractivity contribution is 1.01. The Balaban J connectivity index is 1.42. The van der Waals surface area contributed by atoms with Gasteiger partial charge in [-0.15, -0.1) is 0 Å². The van der Waals surface area contributed by atoms with E-state index in [1.807, 2.05) is 24.3 Å². The Bertz CT molecular complexity index is 1150. The maximum Gasteiger partial charge on any atom is 0.253 e. The van der Waals surface area contributed by atoms with Gasteiger partial charge >= 0.3 is 0 Å². The van der Waals surface area contributed by atoms with Gasteiger partial charge in [-0.2, -0.15) is 0 Å². The summed E-state index contributed by atoms with van der Waals surface area (Å²) < 4.78 is 0. The van der Waals surface area contributed by atoms with E-state index in [9.17, 15) is 9.59 Å². The van der Waals surface area contributed by atoms with E-state index in [4.69, 9.17) is 0 Å². The van der Waals surface area contributed by atoms with Crippen molar-refractivity contribution in [3.05, 3.63) is 105 Å². The monoisotopic (exact) mass is 369 g/mol. The number of pyridine rings is 1. The first kappa shape index (κ1) is 17.7. The number of nitrogens with one attached hydrogen (secondary N) is 2. The Morgan fingerprint density at radius 1 is 0.750 bits per heavy atom. The Kier molecular flexibility index (Phi) is 4.97. The van der Waals surface area contributed by atoms with Gasteiger partial charge in [0.05, 0.1) is 0 Å². The van der Waals surface area contributed by atoms with Gasteiger partial charge in [-0.05, 0) is 35.2 Å². The van der Waals surface area contributed by atoms with E-state index < -0.39 is 10.9 Å². The van der Waals surface area contributed by atoms with E-state index in [1.54, 1.807) is 24.5 Å². The lowest BCUT2D eigenvalue weighted by Crippen LogP contribution is -2.37. The Hall–Kier alpha value is -3.73. The molecular weight excluding hydrogens is 350 g/mol. The van der Waals surface area contributed by atoms with E-state index in [2.05, 4.69) is 45.9 Å². The molecule has 2 N–H and O–H groups in total. The summed E-state index contributed by atoms with van der Waals surface area (Å²) >= 11 is 0. The highest BCUT2D eigenvalue weighted by Crippen LogP contribution is 2.22. The van der Waals surface area contributed by atoms with Crippen LogP contribution in [-0.2, 0) is 6.42 Å². The molecule has 0 saturated carbocycles. The van der Waals surface area contributed by atoms with E-state index in [0.29, 0.717) is 17.9 Å². The molecule has 0 radical (unpaired) electrons. The number of aromatic nitrogens is 1. The molecule has 0 amide bonds. The third-order valence-electron chi connectivity index (χ3n) is 4.61. The molecule has 28 heavy (non-hydrogen) atoms. The Morgan fingerprint density at radius 3 is 2.25 bits per heavy atom. The van der Waals surface area contributed by atoms with E-state index in [1.165, 1.54) is 5.56 Å². The average Bonchev–Trinajstić information content (AvgIpc) is 2.77. The van der Waals surface area contributed by atoms with Gasteiger partial charge in [-0.1, -0.05) is 54.6 Å². The van der Waals surface area contributed by atoms with Crippen LogP contribution < -0.4 is 21.5 Å². The third-order valence-corrected chi connectivity index (χ3v) is 4.61. The first-order valence-electron chi connectivity index (χ1n) is 9.11. The molecule has 4 rings (SSSR count). The number of benzene rings is 2. The molecule has 5 nitrogen and oxygen atoms in total. The lowest BCUT2D eigenvalue weighted by Gasteiger charge is -2.15. The number of anilines is 3. The van der Waals surface area contributed by atoms with E-state index in [0.717, 1.165) is 23.2 Å².